The fourth-order valence-electron chi connectivity index (χ4n) is 1.66. The van der Waals surface area contributed by atoms with E-state index in [2.05, 4.69) is 4.98 Å². The minimum absolute atomic E-state index is 0.0905. The molecule has 5 nitrogen and oxygen atoms in total. The molecule has 0 spiro atoms. The smallest absolute Gasteiger partial charge is 0.339 e. The zero-order valence-corrected chi connectivity index (χ0v) is 10.6. The molecule has 0 saturated heterocycles. The van der Waals surface area contributed by atoms with Gasteiger partial charge in [0.2, 0.25) is 0 Å². The van der Waals surface area contributed by atoms with Crippen molar-refractivity contribution >= 4 is 5.97 Å². The summed E-state index contributed by atoms with van der Waals surface area (Å²) >= 11 is 0. The molecule has 0 unspecified atom stereocenters. The number of methoxy groups -OCH3 is 1. The molecular formula is C14H13NO4. The molecule has 1 aromatic heterocycles. The molecule has 0 aliphatic rings. The molecule has 5 heteroatoms. The van der Waals surface area contributed by atoms with E-state index in [0.717, 1.165) is 0 Å². The summed E-state index contributed by atoms with van der Waals surface area (Å²) in [6.45, 7) is 1.77. The number of benzene rings is 1. The molecule has 1 aromatic carbocycles. The molecule has 0 fully saturated rings. The van der Waals surface area contributed by atoms with Crippen LogP contribution >= 0.6 is 0 Å². The number of aromatic nitrogens is 1. The Bertz CT molecular complexity index is 610. The lowest BCUT2D eigenvalue weighted by atomic mass is 10.1. The Morgan fingerprint density at radius 1 is 1.26 bits per heavy atom. The number of para-hydroxylation sites is 1. The van der Waals surface area contributed by atoms with Crippen LogP contribution in [0.1, 0.15) is 15.9 Å². The summed E-state index contributed by atoms with van der Waals surface area (Å²) in [7, 11) is 1.50. The van der Waals surface area contributed by atoms with Gasteiger partial charge in [-0.2, -0.15) is 0 Å². The molecule has 2 rings (SSSR count). The van der Waals surface area contributed by atoms with E-state index in [1.807, 2.05) is 0 Å². The molecule has 0 atom stereocenters. The third-order valence-corrected chi connectivity index (χ3v) is 2.60. The summed E-state index contributed by atoms with van der Waals surface area (Å²) < 4.78 is 10.7. The highest BCUT2D eigenvalue weighted by Gasteiger charge is 2.16. The summed E-state index contributed by atoms with van der Waals surface area (Å²) in [6.07, 6.45) is 1.55. The predicted molar refractivity (Wildman–Crippen MR) is 69.0 cm³/mol. The number of carboxylic acid groups (broad SMARTS) is 1. The van der Waals surface area contributed by atoms with Crippen LogP contribution in [-0.2, 0) is 0 Å². The van der Waals surface area contributed by atoms with E-state index >= 15 is 0 Å². The molecule has 0 bridgehead atoms. The SMILES string of the molecule is COc1cccnc1Oc1c(C)cccc1C(=O)O. The number of aryl methyl sites for hydroxylation is 1. The molecular weight excluding hydrogens is 246 g/mol. The van der Waals surface area contributed by atoms with Crippen molar-refractivity contribution in [3.05, 3.63) is 47.7 Å². The lowest BCUT2D eigenvalue weighted by Gasteiger charge is -2.12. The lowest BCUT2D eigenvalue weighted by Crippen LogP contribution is -2.02. The number of hydrogen-bond donors (Lipinski definition) is 1. The Kier molecular flexibility index (Phi) is 3.66. The molecule has 0 saturated carbocycles. The maximum atomic E-state index is 11.2. The summed E-state index contributed by atoms with van der Waals surface area (Å²) in [4.78, 5) is 15.2. The van der Waals surface area contributed by atoms with Crippen LogP contribution in [0, 0.1) is 6.92 Å². The molecule has 2 aromatic rings. The zero-order chi connectivity index (χ0) is 13.8. The summed E-state index contributed by atoms with van der Waals surface area (Å²) in [5.74, 6) is -0.0931. The Morgan fingerprint density at radius 2 is 2.05 bits per heavy atom. The molecule has 0 aliphatic heterocycles. The lowest BCUT2D eigenvalue weighted by molar-refractivity contribution is 0.0694. The van der Waals surface area contributed by atoms with Crippen molar-refractivity contribution in [1.82, 2.24) is 4.98 Å². The van der Waals surface area contributed by atoms with E-state index in [1.54, 1.807) is 37.4 Å². The van der Waals surface area contributed by atoms with Crippen LogP contribution < -0.4 is 9.47 Å². The largest absolute Gasteiger partial charge is 0.491 e. The number of aromatic carboxylic acids is 1. The van der Waals surface area contributed by atoms with E-state index < -0.39 is 5.97 Å². The minimum atomic E-state index is -1.05. The molecule has 0 amide bonds. The quantitative estimate of drug-likeness (QED) is 0.914. The molecule has 19 heavy (non-hydrogen) atoms. The maximum Gasteiger partial charge on any atom is 0.339 e. The van der Waals surface area contributed by atoms with Crippen molar-refractivity contribution in [2.24, 2.45) is 0 Å². The van der Waals surface area contributed by atoms with E-state index in [1.165, 1.54) is 13.2 Å². The van der Waals surface area contributed by atoms with Gasteiger partial charge in [-0.3, -0.25) is 0 Å². The monoisotopic (exact) mass is 259 g/mol. The maximum absolute atomic E-state index is 11.2. The van der Waals surface area contributed by atoms with Gasteiger partial charge < -0.3 is 14.6 Å². The van der Waals surface area contributed by atoms with Crippen LogP contribution in [0.25, 0.3) is 0 Å². The number of carboxylic acids is 1. The fourth-order valence-corrected chi connectivity index (χ4v) is 1.66. The predicted octanol–water partition coefficient (Wildman–Crippen LogP) is 2.89. The van der Waals surface area contributed by atoms with Gasteiger partial charge >= 0.3 is 5.97 Å². The van der Waals surface area contributed by atoms with Gasteiger partial charge in [0.15, 0.2) is 5.75 Å². The van der Waals surface area contributed by atoms with Gasteiger partial charge in [-0.1, -0.05) is 12.1 Å². The molecule has 1 heterocycles. The first-order valence-electron chi connectivity index (χ1n) is 5.63. The summed E-state index contributed by atoms with van der Waals surface area (Å²) in [5.41, 5.74) is 0.806. The van der Waals surface area contributed by atoms with Crippen molar-refractivity contribution in [3.63, 3.8) is 0 Å². The summed E-state index contributed by atoms with van der Waals surface area (Å²) in [5, 5.41) is 9.16. The Hall–Kier alpha value is -2.56. The van der Waals surface area contributed by atoms with E-state index in [4.69, 9.17) is 14.6 Å². The van der Waals surface area contributed by atoms with Gasteiger partial charge in [-0.15, -0.1) is 0 Å². The van der Waals surface area contributed by atoms with E-state index in [0.29, 0.717) is 11.3 Å². The van der Waals surface area contributed by atoms with Gasteiger partial charge in [0, 0.05) is 6.20 Å². The van der Waals surface area contributed by atoms with Gasteiger partial charge in [-0.05, 0) is 30.7 Å². The third kappa shape index (κ3) is 2.65. The number of pyridine rings is 1. The first-order chi connectivity index (χ1) is 9.13. The molecule has 1 N–H and O–H groups in total. The third-order valence-electron chi connectivity index (χ3n) is 2.60. The second-order valence-corrected chi connectivity index (χ2v) is 3.87. The van der Waals surface area contributed by atoms with Gasteiger partial charge in [-0.25, -0.2) is 9.78 Å². The summed E-state index contributed by atoms with van der Waals surface area (Å²) in [6, 6.07) is 8.33. The number of ether oxygens (including phenoxy) is 2. The number of rotatable bonds is 4. The first-order valence-corrected chi connectivity index (χ1v) is 5.63. The minimum Gasteiger partial charge on any atom is -0.491 e. The standard InChI is InChI=1S/C14H13NO4/c1-9-5-3-6-10(14(16)17)12(9)19-13-11(18-2)7-4-8-15-13/h3-8H,1-2H3,(H,16,17). The normalized spacial score (nSPS) is 10.0. The first kappa shape index (κ1) is 12.9. The highest BCUT2D eigenvalue weighted by atomic mass is 16.5. The van der Waals surface area contributed by atoms with Crippen LogP contribution in [0.3, 0.4) is 0 Å². The van der Waals surface area contributed by atoms with Gasteiger partial charge in [0.1, 0.15) is 11.3 Å². The van der Waals surface area contributed by atoms with Crippen molar-refractivity contribution in [2.75, 3.05) is 7.11 Å². The fraction of sp³-hybridized carbons (Fsp3) is 0.143. The Morgan fingerprint density at radius 3 is 2.74 bits per heavy atom. The van der Waals surface area contributed by atoms with Crippen LogP contribution in [0.2, 0.25) is 0 Å². The Labute approximate surface area is 110 Å². The van der Waals surface area contributed by atoms with Crippen molar-refractivity contribution in [3.8, 4) is 17.4 Å². The highest BCUT2D eigenvalue weighted by molar-refractivity contribution is 5.91. The zero-order valence-electron chi connectivity index (χ0n) is 10.6. The number of nitrogens with zero attached hydrogens (tertiary/aromatic N) is 1. The molecule has 0 radical (unpaired) electrons. The van der Waals surface area contributed by atoms with Gasteiger partial charge in [0.05, 0.1) is 7.11 Å². The number of hydrogen-bond acceptors (Lipinski definition) is 4. The molecule has 98 valence electrons. The van der Waals surface area contributed by atoms with Crippen LogP contribution in [0.5, 0.6) is 17.4 Å². The average Bonchev–Trinajstić information content (AvgIpc) is 2.41. The van der Waals surface area contributed by atoms with Crippen LogP contribution in [0.4, 0.5) is 0 Å². The van der Waals surface area contributed by atoms with E-state index in [9.17, 15) is 4.79 Å². The van der Waals surface area contributed by atoms with Crippen molar-refractivity contribution in [2.45, 2.75) is 6.92 Å². The second-order valence-electron chi connectivity index (χ2n) is 3.87. The highest BCUT2D eigenvalue weighted by Crippen LogP contribution is 2.32. The van der Waals surface area contributed by atoms with Crippen LogP contribution in [0.15, 0.2) is 36.5 Å². The Balaban J connectivity index is 2.46. The number of carbonyl (C=O) groups is 1. The molecule has 0 aliphatic carbocycles. The van der Waals surface area contributed by atoms with Crippen LogP contribution in [-0.4, -0.2) is 23.2 Å². The second kappa shape index (κ2) is 5.39. The topological polar surface area (TPSA) is 68.7 Å². The van der Waals surface area contributed by atoms with Gasteiger partial charge in [0.25, 0.3) is 5.88 Å². The van der Waals surface area contributed by atoms with Crippen molar-refractivity contribution in [1.29, 1.82) is 0 Å². The van der Waals surface area contributed by atoms with E-state index in [-0.39, 0.29) is 17.2 Å². The van der Waals surface area contributed by atoms with Crippen molar-refractivity contribution < 1.29 is 19.4 Å². The average molecular weight is 259 g/mol.